The average molecular weight is 428 g/mol. The Morgan fingerprint density at radius 3 is 2.63 bits per heavy atom. The fourth-order valence-electron chi connectivity index (χ4n) is 3.12. The second-order valence-electron chi connectivity index (χ2n) is 7.33. The summed E-state index contributed by atoms with van der Waals surface area (Å²) < 4.78 is 41.4. The highest BCUT2D eigenvalue weighted by Crippen LogP contribution is 2.32. The van der Waals surface area contributed by atoms with E-state index in [0.717, 1.165) is 24.6 Å². The van der Waals surface area contributed by atoms with Crippen LogP contribution in [0.4, 0.5) is 13.2 Å². The molecule has 11 heteroatoms. The van der Waals surface area contributed by atoms with Crippen molar-refractivity contribution in [2.75, 3.05) is 13.2 Å². The Labute approximate surface area is 170 Å². The molecule has 1 amide bonds. The van der Waals surface area contributed by atoms with Gasteiger partial charge in [-0.1, -0.05) is 0 Å². The molecular weight excluding hydrogens is 405 g/mol. The van der Waals surface area contributed by atoms with Crippen molar-refractivity contribution in [3.05, 3.63) is 41.5 Å². The maximum Gasteiger partial charge on any atom is 0.490 e. The number of hydrogen-bond donors (Lipinski definition) is 2. The van der Waals surface area contributed by atoms with Crippen LogP contribution in [-0.2, 0) is 29.5 Å². The van der Waals surface area contributed by atoms with Crippen LogP contribution >= 0.6 is 0 Å². The third-order valence-electron chi connectivity index (χ3n) is 4.87. The number of alkyl halides is 3. The zero-order valence-electron chi connectivity index (χ0n) is 16.4. The number of aryl methyl sites for hydroxylation is 1. The number of halogens is 3. The van der Waals surface area contributed by atoms with E-state index in [0.29, 0.717) is 18.8 Å². The van der Waals surface area contributed by atoms with Crippen molar-refractivity contribution in [3.8, 4) is 0 Å². The Morgan fingerprint density at radius 2 is 2.07 bits per heavy atom. The van der Waals surface area contributed by atoms with Crippen LogP contribution in [0, 0.1) is 5.92 Å². The van der Waals surface area contributed by atoms with Crippen molar-refractivity contribution in [1.29, 1.82) is 0 Å². The Kier molecular flexibility index (Phi) is 6.49. The molecule has 30 heavy (non-hydrogen) atoms. The standard InChI is InChI=1S/C17H22N4O2.C2HF3O2/c1-20-7-2-3-14(20)17(22)18-9-15-16-13(6-8-23-15)11-21(19-16)10-12-4-5-12;3-2(4,5)1(6)7/h2-3,7,11-12,15H,4-6,8-10H2,1H3,(H,18,22);(H,6,7). The van der Waals surface area contributed by atoms with E-state index in [-0.39, 0.29) is 12.0 Å². The molecular formula is C19H23F3N4O4. The highest BCUT2D eigenvalue weighted by atomic mass is 19.4. The van der Waals surface area contributed by atoms with Gasteiger partial charge in [0.1, 0.15) is 11.8 Å². The van der Waals surface area contributed by atoms with Crippen LogP contribution in [0.3, 0.4) is 0 Å². The number of hydrogen-bond acceptors (Lipinski definition) is 4. The summed E-state index contributed by atoms with van der Waals surface area (Å²) in [6.07, 6.45) is 2.33. The number of aromatic nitrogens is 3. The average Bonchev–Trinajstić information content (AvgIpc) is 3.21. The number of aliphatic carboxylic acids is 1. The van der Waals surface area contributed by atoms with E-state index in [4.69, 9.17) is 19.7 Å². The lowest BCUT2D eigenvalue weighted by Crippen LogP contribution is -2.32. The molecule has 2 aromatic rings. The second kappa shape index (κ2) is 8.90. The maximum atomic E-state index is 12.2. The van der Waals surface area contributed by atoms with Gasteiger partial charge in [0, 0.05) is 32.5 Å². The number of fused-ring (bicyclic) bond motifs is 1. The number of carboxylic acids is 1. The highest BCUT2D eigenvalue weighted by Gasteiger charge is 2.38. The number of ether oxygens (including phenoxy) is 1. The summed E-state index contributed by atoms with van der Waals surface area (Å²) in [5.41, 5.74) is 2.90. The van der Waals surface area contributed by atoms with Gasteiger partial charge in [0.15, 0.2) is 0 Å². The molecule has 164 valence electrons. The number of carboxylic acid groups (broad SMARTS) is 1. The second-order valence-corrected chi connectivity index (χ2v) is 7.33. The normalized spacial score (nSPS) is 18.2. The number of carbonyl (C=O) groups excluding carboxylic acids is 1. The van der Waals surface area contributed by atoms with Gasteiger partial charge >= 0.3 is 12.1 Å². The molecule has 0 radical (unpaired) electrons. The first kappa shape index (κ1) is 21.9. The van der Waals surface area contributed by atoms with Crippen LogP contribution < -0.4 is 5.32 Å². The summed E-state index contributed by atoms with van der Waals surface area (Å²) in [6, 6.07) is 3.68. The molecule has 1 aliphatic heterocycles. The molecule has 0 bridgehead atoms. The minimum absolute atomic E-state index is 0.0781. The molecule has 4 rings (SSSR count). The van der Waals surface area contributed by atoms with Crippen molar-refractivity contribution >= 4 is 11.9 Å². The molecule has 0 spiro atoms. The molecule has 0 saturated heterocycles. The fourth-order valence-corrected chi connectivity index (χ4v) is 3.12. The highest BCUT2D eigenvalue weighted by molar-refractivity contribution is 5.92. The first-order valence-corrected chi connectivity index (χ1v) is 9.52. The number of amides is 1. The lowest BCUT2D eigenvalue weighted by molar-refractivity contribution is -0.192. The Hall–Kier alpha value is -2.82. The van der Waals surface area contributed by atoms with Gasteiger partial charge in [0.2, 0.25) is 0 Å². The van der Waals surface area contributed by atoms with E-state index >= 15 is 0 Å². The largest absolute Gasteiger partial charge is 0.490 e. The molecule has 2 aromatic heterocycles. The third kappa shape index (κ3) is 5.62. The summed E-state index contributed by atoms with van der Waals surface area (Å²) in [5, 5.41) is 14.8. The minimum atomic E-state index is -5.08. The maximum absolute atomic E-state index is 12.2. The van der Waals surface area contributed by atoms with Crippen molar-refractivity contribution in [3.63, 3.8) is 0 Å². The molecule has 1 fully saturated rings. The first-order valence-electron chi connectivity index (χ1n) is 9.52. The molecule has 1 unspecified atom stereocenters. The van der Waals surface area contributed by atoms with E-state index in [1.807, 2.05) is 29.9 Å². The van der Waals surface area contributed by atoms with Crippen LogP contribution in [0.1, 0.15) is 40.7 Å². The van der Waals surface area contributed by atoms with Crippen LogP contribution in [-0.4, -0.2) is 50.7 Å². The number of carbonyl (C=O) groups is 2. The van der Waals surface area contributed by atoms with Gasteiger partial charge in [0.05, 0.1) is 12.3 Å². The van der Waals surface area contributed by atoms with E-state index in [1.165, 1.54) is 18.4 Å². The quantitative estimate of drug-likeness (QED) is 0.762. The van der Waals surface area contributed by atoms with Crippen molar-refractivity contribution in [1.82, 2.24) is 19.7 Å². The molecule has 2 aliphatic rings. The number of rotatable bonds is 5. The van der Waals surface area contributed by atoms with E-state index in [9.17, 15) is 18.0 Å². The zero-order valence-corrected chi connectivity index (χ0v) is 16.4. The van der Waals surface area contributed by atoms with Crippen LogP contribution in [0.15, 0.2) is 24.5 Å². The van der Waals surface area contributed by atoms with Gasteiger partial charge in [-0.15, -0.1) is 0 Å². The molecule has 0 aromatic carbocycles. The fraction of sp³-hybridized carbons (Fsp3) is 0.526. The summed E-state index contributed by atoms with van der Waals surface area (Å²) >= 11 is 0. The summed E-state index contributed by atoms with van der Waals surface area (Å²) in [4.78, 5) is 21.1. The molecule has 2 N–H and O–H groups in total. The molecule has 1 aliphatic carbocycles. The number of nitrogens with zero attached hydrogens (tertiary/aromatic N) is 3. The topological polar surface area (TPSA) is 98.4 Å². The first-order chi connectivity index (χ1) is 14.1. The monoisotopic (exact) mass is 428 g/mol. The lowest BCUT2D eigenvalue weighted by Gasteiger charge is -2.22. The molecule has 1 atom stereocenters. The van der Waals surface area contributed by atoms with Gasteiger partial charge in [-0.05, 0) is 42.9 Å². The lowest BCUT2D eigenvalue weighted by atomic mass is 10.1. The summed E-state index contributed by atoms with van der Waals surface area (Å²) in [5.74, 6) is -2.04. The van der Waals surface area contributed by atoms with Crippen LogP contribution in [0.5, 0.6) is 0 Å². The number of nitrogens with one attached hydrogen (secondary N) is 1. The van der Waals surface area contributed by atoms with Crippen molar-refractivity contribution in [2.24, 2.45) is 13.0 Å². The smallest absolute Gasteiger partial charge is 0.475 e. The predicted octanol–water partition coefficient (Wildman–Crippen LogP) is 2.31. The van der Waals surface area contributed by atoms with E-state index in [1.54, 1.807) is 0 Å². The SMILES string of the molecule is Cn1cccc1C(=O)NCC1OCCc2cn(CC3CC3)nc21.O=C(O)C(F)(F)F. The van der Waals surface area contributed by atoms with E-state index < -0.39 is 12.1 Å². The van der Waals surface area contributed by atoms with Crippen molar-refractivity contribution < 1.29 is 32.6 Å². The van der Waals surface area contributed by atoms with E-state index in [2.05, 4.69) is 16.2 Å². The minimum Gasteiger partial charge on any atom is -0.475 e. The zero-order chi connectivity index (χ0) is 21.9. The van der Waals surface area contributed by atoms with Gasteiger partial charge in [-0.25, -0.2) is 4.79 Å². The third-order valence-corrected chi connectivity index (χ3v) is 4.87. The molecule has 3 heterocycles. The Balaban J connectivity index is 0.000000318. The van der Waals surface area contributed by atoms with Crippen LogP contribution in [0.2, 0.25) is 0 Å². The molecule has 8 nitrogen and oxygen atoms in total. The van der Waals surface area contributed by atoms with Gasteiger partial charge in [0.25, 0.3) is 5.91 Å². The Morgan fingerprint density at radius 1 is 1.37 bits per heavy atom. The molecule has 1 saturated carbocycles. The predicted molar refractivity (Wildman–Crippen MR) is 98.8 cm³/mol. The van der Waals surface area contributed by atoms with Gasteiger partial charge < -0.3 is 19.7 Å². The summed E-state index contributed by atoms with van der Waals surface area (Å²) in [7, 11) is 1.86. The van der Waals surface area contributed by atoms with Gasteiger partial charge in [-0.2, -0.15) is 18.3 Å². The van der Waals surface area contributed by atoms with Gasteiger partial charge in [-0.3, -0.25) is 9.48 Å². The van der Waals surface area contributed by atoms with Crippen LogP contribution in [0.25, 0.3) is 0 Å². The van der Waals surface area contributed by atoms with Crippen molar-refractivity contribution in [2.45, 2.75) is 38.1 Å². The Bertz CT molecular complexity index is 902. The summed E-state index contributed by atoms with van der Waals surface area (Å²) in [6.45, 7) is 2.15.